The predicted octanol–water partition coefficient (Wildman–Crippen LogP) is 1.64. The molecule has 0 aliphatic carbocycles. The number of H-pyrrole nitrogens is 1. The van der Waals surface area contributed by atoms with Crippen molar-refractivity contribution >= 4 is 23.6 Å². The molecular formula is C14H16N4O3S. The van der Waals surface area contributed by atoms with Crippen molar-refractivity contribution in [2.75, 3.05) is 7.05 Å². The van der Waals surface area contributed by atoms with E-state index in [-0.39, 0.29) is 5.91 Å². The molecule has 7 nitrogen and oxygen atoms in total. The van der Waals surface area contributed by atoms with E-state index < -0.39 is 12.0 Å². The van der Waals surface area contributed by atoms with Gasteiger partial charge >= 0.3 is 5.97 Å². The maximum absolute atomic E-state index is 12.2. The van der Waals surface area contributed by atoms with Gasteiger partial charge in [0.2, 0.25) is 0 Å². The van der Waals surface area contributed by atoms with Gasteiger partial charge in [0.25, 0.3) is 5.91 Å². The van der Waals surface area contributed by atoms with Gasteiger partial charge in [-0.25, -0.2) is 9.78 Å². The first-order valence-corrected chi connectivity index (χ1v) is 7.54. The molecule has 0 spiro atoms. The molecule has 116 valence electrons. The van der Waals surface area contributed by atoms with Crippen LogP contribution in [0.25, 0.3) is 0 Å². The van der Waals surface area contributed by atoms with Crippen LogP contribution in [0.5, 0.6) is 0 Å². The van der Waals surface area contributed by atoms with E-state index in [0.29, 0.717) is 11.3 Å². The summed E-state index contributed by atoms with van der Waals surface area (Å²) in [4.78, 5) is 28.3. The van der Waals surface area contributed by atoms with Gasteiger partial charge in [-0.1, -0.05) is 23.9 Å². The number of aromatic amines is 1. The predicted molar refractivity (Wildman–Crippen MR) is 81.6 cm³/mol. The lowest BCUT2D eigenvalue weighted by atomic mass is 10.1. The van der Waals surface area contributed by atoms with Crippen LogP contribution >= 0.6 is 11.8 Å². The van der Waals surface area contributed by atoms with Gasteiger partial charge < -0.3 is 10.0 Å². The van der Waals surface area contributed by atoms with Crippen molar-refractivity contribution in [2.45, 2.75) is 23.9 Å². The molecule has 0 saturated carbocycles. The highest BCUT2D eigenvalue weighted by molar-refractivity contribution is 7.98. The van der Waals surface area contributed by atoms with Crippen LogP contribution in [0.4, 0.5) is 0 Å². The summed E-state index contributed by atoms with van der Waals surface area (Å²) in [6.07, 6.45) is 1.45. The second kappa shape index (κ2) is 7.08. The van der Waals surface area contributed by atoms with Crippen LogP contribution in [0.1, 0.15) is 22.8 Å². The molecule has 2 rings (SSSR count). The minimum atomic E-state index is -1.03. The van der Waals surface area contributed by atoms with E-state index in [4.69, 9.17) is 5.11 Å². The largest absolute Gasteiger partial charge is 0.480 e. The Hall–Kier alpha value is -2.35. The number of nitrogens with zero attached hydrogens (tertiary/aromatic N) is 3. The summed E-state index contributed by atoms with van der Waals surface area (Å²) >= 11 is 1.51. The van der Waals surface area contributed by atoms with Crippen molar-refractivity contribution in [1.29, 1.82) is 0 Å². The zero-order valence-electron chi connectivity index (χ0n) is 12.2. The summed E-state index contributed by atoms with van der Waals surface area (Å²) < 4.78 is 0. The van der Waals surface area contributed by atoms with Gasteiger partial charge in [-0.05, 0) is 24.6 Å². The molecule has 1 atom stereocenters. The maximum atomic E-state index is 12.2. The molecule has 0 aliphatic rings. The first-order valence-electron chi connectivity index (χ1n) is 6.56. The van der Waals surface area contributed by atoms with Crippen molar-refractivity contribution in [1.82, 2.24) is 20.1 Å². The molecule has 0 aliphatic heterocycles. The van der Waals surface area contributed by atoms with Crippen LogP contribution in [0.3, 0.4) is 0 Å². The Kier molecular flexibility index (Phi) is 5.16. The molecular weight excluding hydrogens is 304 g/mol. The number of likely N-dealkylation sites (N-methyl/N-ethyl adjacent to an activating group) is 1. The average Bonchev–Trinajstić information content (AvgIpc) is 3.04. The molecule has 1 amide bonds. The SMILES string of the molecule is CC(C(=O)O)N(C)C(=O)c1ccc(CSc2ncn[nH]2)cc1. The van der Waals surface area contributed by atoms with Crippen molar-refractivity contribution in [2.24, 2.45) is 0 Å². The van der Waals surface area contributed by atoms with E-state index in [1.54, 1.807) is 12.1 Å². The molecule has 0 radical (unpaired) electrons. The normalized spacial score (nSPS) is 11.9. The first kappa shape index (κ1) is 16.0. The van der Waals surface area contributed by atoms with Crippen LogP contribution in [0.2, 0.25) is 0 Å². The molecule has 1 heterocycles. The molecule has 0 fully saturated rings. The molecule has 2 N–H and O–H groups in total. The Morgan fingerprint density at radius 1 is 1.36 bits per heavy atom. The second-order valence-corrected chi connectivity index (χ2v) is 5.67. The number of benzene rings is 1. The molecule has 0 saturated heterocycles. The van der Waals surface area contributed by atoms with Gasteiger partial charge in [-0.3, -0.25) is 9.89 Å². The molecule has 22 heavy (non-hydrogen) atoms. The van der Waals surface area contributed by atoms with Gasteiger partial charge in [0.15, 0.2) is 5.16 Å². The fourth-order valence-corrected chi connectivity index (χ4v) is 2.44. The lowest BCUT2D eigenvalue weighted by Crippen LogP contribution is -2.40. The molecule has 1 unspecified atom stereocenters. The van der Waals surface area contributed by atoms with Gasteiger partial charge in [0.1, 0.15) is 12.4 Å². The zero-order valence-corrected chi connectivity index (χ0v) is 13.0. The van der Waals surface area contributed by atoms with Crippen LogP contribution < -0.4 is 0 Å². The van der Waals surface area contributed by atoms with Crippen molar-refractivity contribution in [3.8, 4) is 0 Å². The highest BCUT2D eigenvalue weighted by Crippen LogP contribution is 2.19. The lowest BCUT2D eigenvalue weighted by Gasteiger charge is -2.21. The number of carboxylic acid groups (broad SMARTS) is 1. The average molecular weight is 320 g/mol. The Bertz CT molecular complexity index is 643. The highest BCUT2D eigenvalue weighted by Gasteiger charge is 2.22. The van der Waals surface area contributed by atoms with E-state index in [9.17, 15) is 9.59 Å². The van der Waals surface area contributed by atoms with Crippen LogP contribution in [-0.4, -0.2) is 50.2 Å². The minimum absolute atomic E-state index is 0.315. The van der Waals surface area contributed by atoms with Gasteiger partial charge in [0, 0.05) is 18.4 Å². The number of thioether (sulfide) groups is 1. The van der Waals surface area contributed by atoms with Crippen molar-refractivity contribution in [3.63, 3.8) is 0 Å². The van der Waals surface area contributed by atoms with Crippen molar-refractivity contribution in [3.05, 3.63) is 41.7 Å². The minimum Gasteiger partial charge on any atom is -0.480 e. The quantitative estimate of drug-likeness (QED) is 0.785. The Morgan fingerprint density at radius 2 is 2.05 bits per heavy atom. The standard InChI is InChI=1S/C14H16N4O3S/c1-9(13(20)21)18(2)12(19)11-5-3-10(4-6-11)7-22-14-15-8-16-17-14/h3-6,8-9H,7H2,1-2H3,(H,20,21)(H,15,16,17). The fraction of sp³-hybridized carbons (Fsp3) is 0.286. The van der Waals surface area contributed by atoms with Crippen LogP contribution in [0.15, 0.2) is 35.7 Å². The zero-order chi connectivity index (χ0) is 16.1. The molecule has 8 heteroatoms. The molecule has 0 bridgehead atoms. The Morgan fingerprint density at radius 3 is 2.59 bits per heavy atom. The van der Waals surface area contributed by atoms with Crippen LogP contribution in [-0.2, 0) is 10.5 Å². The number of hydrogen-bond acceptors (Lipinski definition) is 5. The van der Waals surface area contributed by atoms with Crippen LogP contribution in [0, 0.1) is 0 Å². The van der Waals surface area contributed by atoms with E-state index in [1.807, 2.05) is 12.1 Å². The molecule has 1 aromatic carbocycles. The topological polar surface area (TPSA) is 99.2 Å². The van der Waals surface area contributed by atoms with E-state index in [1.165, 1.54) is 37.0 Å². The first-order chi connectivity index (χ1) is 10.5. The Labute approximate surface area is 131 Å². The third-order valence-electron chi connectivity index (χ3n) is 3.23. The maximum Gasteiger partial charge on any atom is 0.326 e. The lowest BCUT2D eigenvalue weighted by molar-refractivity contribution is -0.141. The van der Waals surface area contributed by atoms with E-state index in [0.717, 1.165) is 10.7 Å². The highest BCUT2D eigenvalue weighted by atomic mass is 32.2. The number of carbonyl (C=O) groups is 2. The smallest absolute Gasteiger partial charge is 0.326 e. The van der Waals surface area contributed by atoms with E-state index >= 15 is 0 Å². The number of rotatable bonds is 6. The number of aromatic nitrogens is 3. The summed E-state index contributed by atoms with van der Waals surface area (Å²) in [5.41, 5.74) is 1.50. The molecule has 2 aromatic rings. The number of hydrogen-bond donors (Lipinski definition) is 2. The second-order valence-electron chi connectivity index (χ2n) is 4.71. The van der Waals surface area contributed by atoms with E-state index in [2.05, 4.69) is 15.2 Å². The summed E-state index contributed by atoms with van der Waals surface area (Å²) in [6, 6.07) is 6.22. The third kappa shape index (κ3) is 3.85. The third-order valence-corrected chi connectivity index (χ3v) is 4.18. The number of carboxylic acids is 1. The summed E-state index contributed by atoms with van der Waals surface area (Å²) in [5, 5.41) is 16.2. The van der Waals surface area contributed by atoms with Crippen molar-refractivity contribution < 1.29 is 14.7 Å². The Balaban J connectivity index is 1.99. The fourth-order valence-electron chi connectivity index (χ4n) is 1.70. The molecule has 1 aromatic heterocycles. The summed E-state index contributed by atoms with van der Waals surface area (Å²) in [5.74, 6) is -0.648. The van der Waals surface area contributed by atoms with Gasteiger partial charge in [-0.2, -0.15) is 5.10 Å². The summed E-state index contributed by atoms with van der Waals surface area (Å²) in [6.45, 7) is 1.47. The number of amides is 1. The number of nitrogens with one attached hydrogen (secondary N) is 1. The summed E-state index contributed by atoms with van der Waals surface area (Å²) in [7, 11) is 1.48. The number of carbonyl (C=O) groups excluding carboxylic acids is 1. The van der Waals surface area contributed by atoms with Gasteiger partial charge in [-0.15, -0.1) is 0 Å². The number of aliphatic carboxylic acids is 1. The monoisotopic (exact) mass is 320 g/mol. The van der Waals surface area contributed by atoms with Gasteiger partial charge in [0.05, 0.1) is 0 Å².